The van der Waals surface area contributed by atoms with Crippen molar-refractivity contribution in [2.24, 2.45) is 4.99 Å². The van der Waals surface area contributed by atoms with E-state index in [2.05, 4.69) is 21.0 Å². The summed E-state index contributed by atoms with van der Waals surface area (Å²) in [6, 6.07) is 10.4. The fourth-order valence-corrected chi connectivity index (χ4v) is 3.13. The molecule has 1 aromatic carbocycles. The molecule has 0 bridgehead atoms. The highest BCUT2D eigenvalue weighted by atomic mass is 19.1. The Labute approximate surface area is 139 Å². The van der Waals surface area contributed by atoms with Crippen LogP contribution in [0.1, 0.15) is 24.1 Å². The predicted molar refractivity (Wildman–Crippen MR) is 95.4 cm³/mol. The Hall–Kier alpha value is -2.88. The lowest BCUT2D eigenvalue weighted by Gasteiger charge is -2.17. The maximum absolute atomic E-state index is 13.9. The van der Waals surface area contributed by atoms with Gasteiger partial charge in [0.25, 0.3) is 0 Å². The Morgan fingerprint density at radius 1 is 1.04 bits per heavy atom. The minimum absolute atomic E-state index is 0.280. The molecule has 0 aliphatic carbocycles. The van der Waals surface area contributed by atoms with Gasteiger partial charge in [-0.1, -0.05) is 12.1 Å². The number of hydrogen-bond donors (Lipinski definition) is 0. The van der Waals surface area contributed by atoms with Crippen LogP contribution in [0.2, 0.25) is 0 Å². The Bertz CT molecular complexity index is 975. The number of fused-ring (bicyclic) bond motifs is 1. The average Bonchev–Trinajstić information content (AvgIpc) is 2.62. The summed E-state index contributed by atoms with van der Waals surface area (Å²) in [5.74, 6) is -0.280. The normalized spacial score (nSPS) is 14.0. The van der Waals surface area contributed by atoms with Gasteiger partial charge in [-0.05, 0) is 50.1 Å². The summed E-state index contributed by atoms with van der Waals surface area (Å²) in [4.78, 5) is 13.7. The van der Waals surface area contributed by atoms with Crippen molar-refractivity contribution in [3.63, 3.8) is 0 Å². The molecule has 0 saturated heterocycles. The molecule has 1 aliphatic heterocycles. The lowest BCUT2D eigenvalue weighted by molar-refractivity contribution is 0.629. The summed E-state index contributed by atoms with van der Waals surface area (Å²) in [5.41, 5.74) is 5.15. The maximum Gasteiger partial charge on any atom is 0.123 e. The smallest absolute Gasteiger partial charge is 0.123 e. The number of aliphatic imine (C=N–C) groups is 1. The maximum atomic E-state index is 13.9. The highest BCUT2D eigenvalue weighted by molar-refractivity contribution is 6.00. The standard InChI is InChI=1S/C20H16FN3/c1-13-19(17-6-2-4-10-22-17)20(18-7-3-5-11-23-18)15-12-14(21)8-9-16(15)24-13/h3,5-12H,2,4H2,1H3. The van der Waals surface area contributed by atoms with E-state index in [-0.39, 0.29) is 5.82 Å². The van der Waals surface area contributed by atoms with Crippen LogP contribution in [0.5, 0.6) is 0 Å². The number of aromatic nitrogens is 2. The molecule has 0 radical (unpaired) electrons. The zero-order valence-corrected chi connectivity index (χ0v) is 13.3. The number of allylic oxidation sites excluding steroid dienone is 1. The zero-order valence-electron chi connectivity index (χ0n) is 13.3. The van der Waals surface area contributed by atoms with Crippen molar-refractivity contribution in [2.75, 3.05) is 0 Å². The third-order valence-electron chi connectivity index (χ3n) is 4.17. The molecule has 0 saturated carbocycles. The highest BCUT2D eigenvalue weighted by Crippen LogP contribution is 2.37. The SMILES string of the molecule is Cc1nc2ccc(F)cc2c(-c2ccccn2)c1C1=CCCC=N1. The Morgan fingerprint density at radius 3 is 2.71 bits per heavy atom. The van der Waals surface area contributed by atoms with Crippen molar-refractivity contribution in [3.05, 3.63) is 65.7 Å². The van der Waals surface area contributed by atoms with E-state index in [0.29, 0.717) is 0 Å². The van der Waals surface area contributed by atoms with Crippen LogP contribution in [-0.4, -0.2) is 16.2 Å². The van der Waals surface area contributed by atoms with Gasteiger partial charge in [-0.15, -0.1) is 0 Å². The molecule has 0 fully saturated rings. The van der Waals surface area contributed by atoms with E-state index in [1.165, 1.54) is 12.1 Å². The number of hydrogen-bond acceptors (Lipinski definition) is 3. The molecular weight excluding hydrogens is 301 g/mol. The second-order valence-electron chi connectivity index (χ2n) is 5.80. The number of aryl methyl sites for hydroxylation is 1. The molecule has 0 N–H and O–H groups in total. The molecule has 118 valence electrons. The van der Waals surface area contributed by atoms with Gasteiger partial charge in [0.15, 0.2) is 0 Å². The molecule has 1 aliphatic rings. The summed E-state index contributed by atoms with van der Waals surface area (Å²) in [6.45, 7) is 1.97. The molecule has 2 aromatic heterocycles. The number of pyridine rings is 2. The van der Waals surface area contributed by atoms with Crippen molar-refractivity contribution in [3.8, 4) is 11.3 Å². The number of halogens is 1. The molecule has 3 nitrogen and oxygen atoms in total. The predicted octanol–water partition coefficient (Wildman–Crippen LogP) is 4.95. The molecule has 4 heteroatoms. The minimum atomic E-state index is -0.280. The van der Waals surface area contributed by atoms with Gasteiger partial charge in [-0.25, -0.2) is 4.39 Å². The number of nitrogens with zero attached hydrogens (tertiary/aromatic N) is 3. The van der Waals surface area contributed by atoms with Crippen molar-refractivity contribution in [2.45, 2.75) is 19.8 Å². The zero-order chi connectivity index (χ0) is 16.5. The number of benzene rings is 1. The van der Waals surface area contributed by atoms with Gasteiger partial charge in [0.05, 0.1) is 16.9 Å². The van der Waals surface area contributed by atoms with E-state index in [1.54, 1.807) is 12.3 Å². The largest absolute Gasteiger partial charge is 0.261 e. The van der Waals surface area contributed by atoms with Crippen LogP contribution in [0, 0.1) is 12.7 Å². The van der Waals surface area contributed by atoms with Crippen LogP contribution in [0.25, 0.3) is 27.9 Å². The topological polar surface area (TPSA) is 38.1 Å². The van der Waals surface area contributed by atoms with E-state index in [0.717, 1.165) is 52.0 Å². The van der Waals surface area contributed by atoms with Crippen LogP contribution in [0.4, 0.5) is 4.39 Å². The van der Waals surface area contributed by atoms with Crippen molar-refractivity contribution < 1.29 is 4.39 Å². The Kier molecular flexibility index (Phi) is 3.65. The molecule has 3 aromatic rings. The summed E-state index contributed by atoms with van der Waals surface area (Å²) in [7, 11) is 0. The Balaban J connectivity index is 2.12. The molecule has 0 amide bonds. The van der Waals surface area contributed by atoms with Gasteiger partial charge >= 0.3 is 0 Å². The second kappa shape index (κ2) is 5.96. The summed E-state index contributed by atoms with van der Waals surface area (Å²) < 4.78 is 13.9. The lowest BCUT2D eigenvalue weighted by atomic mass is 9.94. The van der Waals surface area contributed by atoms with E-state index in [4.69, 9.17) is 0 Å². The first kappa shape index (κ1) is 14.7. The van der Waals surface area contributed by atoms with Crippen LogP contribution >= 0.6 is 0 Å². The first-order valence-corrected chi connectivity index (χ1v) is 7.98. The van der Waals surface area contributed by atoms with Crippen molar-refractivity contribution >= 4 is 22.8 Å². The van der Waals surface area contributed by atoms with Gasteiger partial charge in [0.2, 0.25) is 0 Å². The highest BCUT2D eigenvalue weighted by Gasteiger charge is 2.19. The third-order valence-corrected chi connectivity index (χ3v) is 4.17. The quantitative estimate of drug-likeness (QED) is 0.670. The fourth-order valence-electron chi connectivity index (χ4n) is 3.13. The van der Waals surface area contributed by atoms with Gasteiger partial charge < -0.3 is 0 Å². The molecule has 0 atom stereocenters. The van der Waals surface area contributed by atoms with E-state index < -0.39 is 0 Å². The molecular formula is C20H16FN3. The monoisotopic (exact) mass is 317 g/mol. The van der Waals surface area contributed by atoms with Crippen molar-refractivity contribution in [1.82, 2.24) is 9.97 Å². The van der Waals surface area contributed by atoms with Gasteiger partial charge in [0.1, 0.15) is 5.82 Å². The summed E-state index contributed by atoms with van der Waals surface area (Å²) in [5, 5.41) is 0.760. The van der Waals surface area contributed by atoms with Gasteiger partial charge in [0, 0.05) is 34.6 Å². The second-order valence-corrected chi connectivity index (χ2v) is 5.80. The third kappa shape index (κ3) is 2.50. The molecule has 3 heterocycles. The molecule has 24 heavy (non-hydrogen) atoms. The molecule has 0 spiro atoms. The first-order chi connectivity index (χ1) is 11.7. The Morgan fingerprint density at radius 2 is 1.96 bits per heavy atom. The van der Waals surface area contributed by atoms with Crippen LogP contribution in [-0.2, 0) is 0 Å². The summed E-state index contributed by atoms with van der Waals surface area (Å²) >= 11 is 0. The van der Waals surface area contributed by atoms with Crippen LogP contribution in [0.15, 0.2) is 53.7 Å². The lowest BCUT2D eigenvalue weighted by Crippen LogP contribution is -2.01. The molecule has 0 unspecified atom stereocenters. The van der Waals surface area contributed by atoms with E-state index in [9.17, 15) is 4.39 Å². The number of rotatable bonds is 2. The van der Waals surface area contributed by atoms with Gasteiger partial charge in [-0.2, -0.15) is 0 Å². The summed E-state index contributed by atoms with van der Waals surface area (Å²) in [6.07, 6.45) is 7.67. The van der Waals surface area contributed by atoms with Crippen LogP contribution in [0.3, 0.4) is 0 Å². The van der Waals surface area contributed by atoms with E-state index >= 15 is 0 Å². The van der Waals surface area contributed by atoms with Gasteiger partial charge in [-0.3, -0.25) is 15.0 Å². The fraction of sp³-hybridized carbons (Fsp3) is 0.150. The van der Waals surface area contributed by atoms with E-state index in [1.807, 2.05) is 31.3 Å². The average molecular weight is 317 g/mol. The first-order valence-electron chi connectivity index (χ1n) is 7.98. The van der Waals surface area contributed by atoms with Crippen molar-refractivity contribution in [1.29, 1.82) is 0 Å². The minimum Gasteiger partial charge on any atom is -0.261 e. The van der Waals surface area contributed by atoms with Crippen LogP contribution < -0.4 is 0 Å². The molecule has 4 rings (SSSR count).